The number of pyridine rings is 1. The van der Waals surface area contributed by atoms with E-state index in [1.54, 1.807) is 0 Å². The first-order valence-electron chi connectivity index (χ1n) is 4.89. The first kappa shape index (κ1) is 9.97. The summed E-state index contributed by atoms with van der Waals surface area (Å²) in [5.74, 6) is 0.630. The zero-order chi connectivity index (χ0) is 9.52. The Morgan fingerprint density at radius 1 is 1.54 bits per heavy atom. The van der Waals surface area contributed by atoms with Crippen molar-refractivity contribution in [2.24, 2.45) is 0 Å². The normalized spacial score (nSPS) is 13.4. The van der Waals surface area contributed by atoms with Crippen molar-refractivity contribution in [3.05, 3.63) is 42.2 Å². The fraction of sp³-hybridized carbons (Fsp3) is 0.417. The summed E-state index contributed by atoms with van der Waals surface area (Å²) in [4.78, 5) is 4.14. The topological polar surface area (TPSA) is 12.9 Å². The average Bonchev–Trinajstić information content (AvgIpc) is 2.21. The van der Waals surface area contributed by atoms with Crippen molar-refractivity contribution in [3.63, 3.8) is 0 Å². The highest BCUT2D eigenvalue weighted by molar-refractivity contribution is 5.15. The molecular weight excluding hydrogens is 158 g/mol. The van der Waals surface area contributed by atoms with Crippen molar-refractivity contribution in [2.45, 2.75) is 32.6 Å². The quantitative estimate of drug-likeness (QED) is 0.638. The van der Waals surface area contributed by atoms with Gasteiger partial charge in [-0.1, -0.05) is 25.1 Å². The van der Waals surface area contributed by atoms with Gasteiger partial charge in [0.15, 0.2) is 0 Å². The van der Waals surface area contributed by atoms with Crippen LogP contribution in [0.2, 0.25) is 0 Å². The third-order valence-electron chi connectivity index (χ3n) is 2.30. The predicted molar refractivity (Wildman–Crippen MR) is 56.7 cm³/mol. The Kier molecular flexibility index (Phi) is 4.24. The Morgan fingerprint density at radius 2 is 2.38 bits per heavy atom. The van der Waals surface area contributed by atoms with Gasteiger partial charge in [0.1, 0.15) is 0 Å². The van der Waals surface area contributed by atoms with Gasteiger partial charge in [0.25, 0.3) is 0 Å². The molecule has 0 aromatic carbocycles. The van der Waals surface area contributed by atoms with E-state index in [9.17, 15) is 0 Å². The summed E-state index contributed by atoms with van der Waals surface area (Å²) in [5, 5.41) is 0. The SMILES string of the molecule is C/C=C\CC(CC)c1cccnc1. The zero-order valence-electron chi connectivity index (χ0n) is 8.40. The van der Waals surface area contributed by atoms with Crippen molar-refractivity contribution >= 4 is 0 Å². The monoisotopic (exact) mass is 175 g/mol. The number of allylic oxidation sites excluding steroid dienone is 2. The van der Waals surface area contributed by atoms with E-state index >= 15 is 0 Å². The minimum absolute atomic E-state index is 0.630. The van der Waals surface area contributed by atoms with Gasteiger partial charge >= 0.3 is 0 Å². The van der Waals surface area contributed by atoms with E-state index in [1.807, 2.05) is 18.5 Å². The molecule has 1 heterocycles. The van der Waals surface area contributed by atoms with Crippen LogP contribution in [0.15, 0.2) is 36.7 Å². The van der Waals surface area contributed by atoms with Crippen LogP contribution in [0.5, 0.6) is 0 Å². The van der Waals surface area contributed by atoms with Gasteiger partial charge in [-0.05, 0) is 37.3 Å². The highest BCUT2D eigenvalue weighted by Gasteiger charge is 2.06. The second-order valence-corrected chi connectivity index (χ2v) is 3.20. The van der Waals surface area contributed by atoms with Crippen LogP contribution in [0.1, 0.15) is 38.2 Å². The summed E-state index contributed by atoms with van der Waals surface area (Å²) < 4.78 is 0. The third-order valence-corrected chi connectivity index (χ3v) is 2.30. The molecular formula is C12H17N. The summed E-state index contributed by atoms with van der Waals surface area (Å²) >= 11 is 0. The summed E-state index contributed by atoms with van der Waals surface area (Å²) in [5.41, 5.74) is 1.35. The van der Waals surface area contributed by atoms with Gasteiger partial charge in [-0.3, -0.25) is 4.98 Å². The molecule has 1 nitrogen and oxygen atoms in total. The van der Waals surface area contributed by atoms with Crippen LogP contribution in [0, 0.1) is 0 Å². The number of rotatable bonds is 4. The lowest BCUT2D eigenvalue weighted by atomic mass is 9.94. The molecule has 1 aromatic rings. The van der Waals surface area contributed by atoms with Gasteiger partial charge in [-0.2, -0.15) is 0 Å². The Morgan fingerprint density at radius 3 is 2.92 bits per heavy atom. The van der Waals surface area contributed by atoms with E-state index in [2.05, 4.69) is 37.0 Å². The first-order valence-corrected chi connectivity index (χ1v) is 4.89. The number of aromatic nitrogens is 1. The average molecular weight is 175 g/mol. The lowest BCUT2D eigenvalue weighted by Crippen LogP contribution is -1.95. The zero-order valence-corrected chi connectivity index (χ0v) is 8.40. The van der Waals surface area contributed by atoms with Crippen molar-refractivity contribution in [1.82, 2.24) is 4.98 Å². The lowest BCUT2D eigenvalue weighted by molar-refractivity contribution is 0.671. The maximum Gasteiger partial charge on any atom is 0.0302 e. The summed E-state index contributed by atoms with van der Waals surface area (Å²) in [6.45, 7) is 4.29. The number of hydrogen-bond donors (Lipinski definition) is 0. The smallest absolute Gasteiger partial charge is 0.0302 e. The molecule has 1 heteroatoms. The Labute approximate surface area is 80.5 Å². The molecule has 1 unspecified atom stereocenters. The number of nitrogens with zero attached hydrogens (tertiary/aromatic N) is 1. The third kappa shape index (κ3) is 3.02. The minimum Gasteiger partial charge on any atom is -0.264 e. The number of hydrogen-bond acceptors (Lipinski definition) is 1. The molecule has 0 aliphatic rings. The van der Waals surface area contributed by atoms with E-state index in [0.717, 1.165) is 6.42 Å². The molecule has 0 bridgehead atoms. The second kappa shape index (κ2) is 5.52. The lowest BCUT2D eigenvalue weighted by Gasteiger charge is -2.11. The maximum atomic E-state index is 4.14. The minimum atomic E-state index is 0.630. The van der Waals surface area contributed by atoms with Crippen LogP contribution < -0.4 is 0 Å². The van der Waals surface area contributed by atoms with Gasteiger partial charge in [0, 0.05) is 12.4 Å². The molecule has 13 heavy (non-hydrogen) atoms. The Hall–Kier alpha value is -1.11. The maximum absolute atomic E-state index is 4.14. The Balaban J connectivity index is 2.67. The van der Waals surface area contributed by atoms with E-state index in [-0.39, 0.29) is 0 Å². The van der Waals surface area contributed by atoms with Gasteiger partial charge in [0.2, 0.25) is 0 Å². The van der Waals surface area contributed by atoms with Crippen LogP contribution in [-0.2, 0) is 0 Å². The summed E-state index contributed by atoms with van der Waals surface area (Å²) in [7, 11) is 0. The molecule has 0 amide bonds. The summed E-state index contributed by atoms with van der Waals surface area (Å²) in [6, 6.07) is 4.16. The molecule has 0 spiro atoms. The van der Waals surface area contributed by atoms with Crippen LogP contribution in [0.4, 0.5) is 0 Å². The standard InChI is InChI=1S/C12H17N/c1-3-5-7-11(4-2)12-8-6-9-13-10-12/h3,5-6,8-11H,4,7H2,1-2H3/b5-3-. The molecule has 0 aliphatic heterocycles. The fourth-order valence-electron chi connectivity index (χ4n) is 1.46. The van der Waals surface area contributed by atoms with E-state index < -0.39 is 0 Å². The van der Waals surface area contributed by atoms with E-state index in [4.69, 9.17) is 0 Å². The van der Waals surface area contributed by atoms with Crippen molar-refractivity contribution in [2.75, 3.05) is 0 Å². The van der Waals surface area contributed by atoms with E-state index in [0.29, 0.717) is 5.92 Å². The molecule has 0 saturated carbocycles. The molecule has 0 N–H and O–H groups in total. The van der Waals surface area contributed by atoms with Gasteiger partial charge in [0.05, 0.1) is 0 Å². The van der Waals surface area contributed by atoms with Crippen LogP contribution in [0.25, 0.3) is 0 Å². The van der Waals surface area contributed by atoms with Gasteiger partial charge in [-0.15, -0.1) is 0 Å². The van der Waals surface area contributed by atoms with Crippen molar-refractivity contribution in [3.8, 4) is 0 Å². The first-order chi connectivity index (χ1) is 6.38. The van der Waals surface area contributed by atoms with Gasteiger partial charge in [-0.25, -0.2) is 0 Å². The molecule has 0 radical (unpaired) electrons. The Bertz CT molecular complexity index is 251. The van der Waals surface area contributed by atoms with Crippen molar-refractivity contribution < 1.29 is 0 Å². The molecule has 0 aliphatic carbocycles. The summed E-state index contributed by atoms with van der Waals surface area (Å²) in [6.07, 6.45) is 10.4. The molecule has 1 rings (SSSR count). The van der Waals surface area contributed by atoms with Crippen LogP contribution >= 0.6 is 0 Å². The molecule has 1 atom stereocenters. The molecule has 0 fully saturated rings. The fourth-order valence-corrected chi connectivity index (χ4v) is 1.46. The molecule has 0 saturated heterocycles. The molecule has 1 aromatic heterocycles. The van der Waals surface area contributed by atoms with Crippen LogP contribution in [0.3, 0.4) is 0 Å². The van der Waals surface area contributed by atoms with E-state index in [1.165, 1.54) is 12.0 Å². The highest BCUT2D eigenvalue weighted by Crippen LogP contribution is 2.22. The largest absolute Gasteiger partial charge is 0.264 e. The second-order valence-electron chi connectivity index (χ2n) is 3.20. The van der Waals surface area contributed by atoms with Crippen LogP contribution in [-0.4, -0.2) is 4.98 Å². The van der Waals surface area contributed by atoms with Gasteiger partial charge < -0.3 is 0 Å². The van der Waals surface area contributed by atoms with Crippen molar-refractivity contribution in [1.29, 1.82) is 0 Å². The molecule has 70 valence electrons. The predicted octanol–water partition coefficient (Wildman–Crippen LogP) is 3.54. The highest BCUT2D eigenvalue weighted by atomic mass is 14.6.